The van der Waals surface area contributed by atoms with Crippen LogP contribution < -0.4 is 9.64 Å². The maximum atomic E-state index is 13.5. The minimum Gasteiger partial charge on any atom is -0.476 e. The molecule has 2 aromatic carbocycles. The molecule has 0 aromatic heterocycles. The average Bonchev–Trinajstić information content (AvgIpc) is 3.44. The van der Waals surface area contributed by atoms with E-state index in [0.717, 1.165) is 32.1 Å². The smallest absolute Gasteiger partial charge is 0.265 e. The van der Waals surface area contributed by atoms with E-state index in [1.165, 1.54) is 16.4 Å². The van der Waals surface area contributed by atoms with Crippen molar-refractivity contribution in [1.82, 2.24) is 9.21 Å². The van der Waals surface area contributed by atoms with Crippen LogP contribution in [0.1, 0.15) is 42.5 Å². The molecule has 8 nitrogen and oxygen atoms in total. The topological polar surface area (TPSA) is 87.2 Å². The maximum Gasteiger partial charge on any atom is 0.265 e. The third-order valence-electron chi connectivity index (χ3n) is 6.77. The van der Waals surface area contributed by atoms with Gasteiger partial charge in [0.15, 0.2) is 6.10 Å². The molecule has 0 bridgehead atoms. The Bertz CT molecular complexity index is 1170. The Labute approximate surface area is 200 Å². The van der Waals surface area contributed by atoms with Crippen LogP contribution in [-0.2, 0) is 14.8 Å². The van der Waals surface area contributed by atoms with E-state index in [9.17, 15) is 18.0 Å². The van der Waals surface area contributed by atoms with E-state index in [2.05, 4.69) is 0 Å². The summed E-state index contributed by atoms with van der Waals surface area (Å²) in [7, 11) is -3.55. The van der Waals surface area contributed by atoms with Crippen molar-refractivity contribution in [2.45, 2.75) is 43.1 Å². The molecule has 0 N–H and O–H groups in total. The van der Waals surface area contributed by atoms with E-state index in [-0.39, 0.29) is 23.3 Å². The summed E-state index contributed by atoms with van der Waals surface area (Å²) < 4.78 is 33.1. The zero-order valence-corrected chi connectivity index (χ0v) is 19.9. The van der Waals surface area contributed by atoms with Crippen molar-refractivity contribution < 1.29 is 22.7 Å². The second kappa shape index (κ2) is 9.38. The van der Waals surface area contributed by atoms with Gasteiger partial charge in [-0.3, -0.25) is 9.59 Å². The first-order valence-electron chi connectivity index (χ1n) is 11.9. The fraction of sp³-hybridized carbons (Fsp3) is 0.440. The number of rotatable bonds is 4. The summed E-state index contributed by atoms with van der Waals surface area (Å²) in [5.41, 5.74) is 0.963. The Morgan fingerprint density at radius 1 is 0.824 bits per heavy atom. The highest BCUT2D eigenvalue weighted by Crippen LogP contribution is 2.35. The number of hydrogen-bond acceptors (Lipinski definition) is 5. The molecule has 2 amide bonds. The lowest BCUT2D eigenvalue weighted by molar-refractivity contribution is -0.139. The Balaban J connectivity index is 1.39. The molecular weight excluding hydrogens is 454 g/mol. The predicted molar refractivity (Wildman–Crippen MR) is 127 cm³/mol. The lowest BCUT2D eigenvalue weighted by Crippen LogP contribution is -2.52. The van der Waals surface area contributed by atoms with Gasteiger partial charge in [0.1, 0.15) is 5.75 Å². The summed E-state index contributed by atoms with van der Waals surface area (Å²) >= 11 is 0. The van der Waals surface area contributed by atoms with E-state index in [4.69, 9.17) is 4.74 Å². The minimum atomic E-state index is -3.55. The van der Waals surface area contributed by atoms with Crippen LogP contribution in [0.5, 0.6) is 5.75 Å². The largest absolute Gasteiger partial charge is 0.476 e. The van der Waals surface area contributed by atoms with Crippen molar-refractivity contribution in [2.24, 2.45) is 0 Å². The van der Waals surface area contributed by atoms with Gasteiger partial charge in [0.05, 0.1) is 17.1 Å². The van der Waals surface area contributed by atoms with Crippen LogP contribution in [0, 0.1) is 0 Å². The molecule has 180 valence electrons. The standard InChI is InChI=1S/C25H29N3O5S/c29-24(19-10-12-20(13-11-19)34(31,32)27-16-6-7-17-27)28-18-23(25(30)26-14-4-1-5-15-26)33-22-9-3-2-8-21(22)28/h2-3,8-13,23H,1,4-7,14-18H2/t23-/m0/s1. The lowest BCUT2D eigenvalue weighted by atomic mass is 10.1. The molecule has 9 heteroatoms. The number of fused-ring (bicyclic) bond motifs is 1. The van der Waals surface area contributed by atoms with Crippen molar-refractivity contribution >= 4 is 27.5 Å². The number of ether oxygens (including phenoxy) is 1. The summed E-state index contributed by atoms with van der Waals surface area (Å²) in [6, 6.07) is 13.3. The van der Waals surface area contributed by atoms with Crippen molar-refractivity contribution in [3.05, 3.63) is 54.1 Å². The quantitative estimate of drug-likeness (QED) is 0.667. The maximum absolute atomic E-state index is 13.5. The number of carbonyl (C=O) groups is 2. The third-order valence-corrected chi connectivity index (χ3v) is 8.68. The second-order valence-electron chi connectivity index (χ2n) is 9.01. The van der Waals surface area contributed by atoms with E-state index in [1.807, 2.05) is 17.0 Å². The van der Waals surface area contributed by atoms with Crippen molar-refractivity contribution in [1.29, 1.82) is 0 Å². The number of anilines is 1. The Morgan fingerprint density at radius 3 is 2.18 bits per heavy atom. The van der Waals surface area contributed by atoms with Gasteiger partial charge in [-0.2, -0.15) is 4.31 Å². The first kappa shape index (κ1) is 22.9. The van der Waals surface area contributed by atoms with Crippen molar-refractivity contribution in [3.63, 3.8) is 0 Å². The molecule has 1 atom stereocenters. The number of para-hydroxylation sites is 2. The number of sulfonamides is 1. The minimum absolute atomic E-state index is 0.0981. The van der Waals surface area contributed by atoms with Crippen LogP contribution in [0.3, 0.4) is 0 Å². The van der Waals surface area contributed by atoms with E-state index in [0.29, 0.717) is 43.2 Å². The molecule has 34 heavy (non-hydrogen) atoms. The van der Waals surface area contributed by atoms with Crippen molar-refractivity contribution in [2.75, 3.05) is 37.6 Å². The number of likely N-dealkylation sites (tertiary alicyclic amines) is 1. The van der Waals surface area contributed by atoms with Crippen LogP contribution in [0.2, 0.25) is 0 Å². The molecule has 2 fully saturated rings. The molecule has 0 aliphatic carbocycles. The van der Waals surface area contributed by atoms with Crippen molar-refractivity contribution in [3.8, 4) is 5.75 Å². The molecular formula is C25H29N3O5S. The van der Waals surface area contributed by atoms with E-state index >= 15 is 0 Å². The third kappa shape index (κ3) is 4.30. The van der Waals surface area contributed by atoms with Crippen LogP contribution in [0.15, 0.2) is 53.4 Å². The van der Waals surface area contributed by atoms with Crippen LogP contribution in [-0.4, -0.2) is 68.3 Å². The Kier molecular flexibility index (Phi) is 6.31. The number of nitrogens with zero attached hydrogens (tertiary/aromatic N) is 3. The van der Waals surface area contributed by atoms with Gasteiger partial charge in [-0.1, -0.05) is 12.1 Å². The highest BCUT2D eigenvalue weighted by Gasteiger charge is 2.37. The van der Waals surface area contributed by atoms with Crippen LogP contribution in [0.4, 0.5) is 5.69 Å². The van der Waals surface area contributed by atoms with Crippen LogP contribution in [0.25, 0.3) is 0 Å². The van der Waals surface area contributed by atoms with Gasteiger partial charge < -0.3 is 14.5 Å². The van der Waals surface area contributed by atoms with Gasteiger partial charge in [0.25, 0.3) is 11.8 Å². The molecule has 3 aliphatic heterocycles. The molecule has 0 spiro atoms. The summed E-state index contributed by atoms with van der Waals surface area (Å²) in [6.45, 7) is 2.58. The molecule has 2 saturated heterocycles. The molecule has 0 saturated carbocycles. The molecule has 2 aromatic rings. The molecule has 0 radical (unpaired) electrons. The molecule has 3 heterocycles. The first-order valence-corrected chi connectivity index (χ1v) is 13.4. The zero-order valence-electron chi connectivity index (χ0n) is 19.1. The van der Waals surface area contributed by atoms with Gasteiger partial charge in [-0.15, -0.1) is 0 Å². The average molecular weight is 484 g/mol. The van der Waals surface area contributed by atoms with Crippen LogP contribution >= 0.6 is 0 Å². The Hall–Kier alpha value is -2.91. The van der Waals surface area contributed by atoms with E-state index in [1.54, 1.807) is 29.2 Å². The fourth-order valence-corrected chi connectivity index (χ4v) is 6.39. The van der Waals surface area contributed by atoms with Gasteiger partial charge in [-0.25, -0.2) is 8.42 Å². The lowest BCUT2D eigenvalue weighted by Gasteiger charge is -2.37. The highest BCUT2D eigenvalue weighted by molar-refractivity contribution is 7.89. The fourth-order valence-electron chi connectivity index (χ4n) is 4.88. The number of benzene rings is 2. The first-order chi connectivity index (χ1) is 16.4. The van der Waals surface area contributed by atoms with Gasteiger partial charge >= 0.3 is 0 Å². The monoisotopic (exact) mass is 483 g/mol. The highest BCUT2D eigenvalue weighted by atomic mass is 32.2. The molecule has 3 aliphatic rings. The molecule has 0 unspecified atom stereocenters. The number of carbonyl (C=O) groups excluding carboxylic acids is 2. The summed E-state index contributed by atoms with van der Waals surface area (Å²) in [4.78, 5) is 30.2. The SMILES string of the molecule is O=C([C@@H]1CN(C(=O)c2ccc(S(=O)(=O)N3CCCC3)cc2)c2ccccc2O1)N1CCCCC1. The zero-order chi connectivity index (χ0) is 23.7. The number of piperidine rings is 1. The number of amides is 2. The molecule has 5 rings (SSSR count). The van der Waals surface area contributed by atoms with Gasteiger partial charge in [0, 0.05) is 31.7 Å². The predicted octanol–water partition coefficient (Wildman–Crippen LogP) is 2.89. The summed E-state index contributed by atoms with van der Waals surface area (Å²) in [5.74, 6) is 0.0991. The van der Waals surface area contributed by atoms with Gasteiger partial charge in [-0.05, 0) is 68.5 Å². The van der Waals surface area contributed by atoms with E-state index < -0.39 is 16.1 Å². The Morgan fingerprint density at radius 2 is 1.47 bits per heavy atom. The van der Waals surface area contributed by atoms with Gasteiger partial charge in [0.2, 0.25) is 10.0 Å². The normalized spacial score (nSPS) is 21.1. The summed E-state index contributed by atoms with van der Waals surface area (Å²) in [5, 5.41) is 0. The second-order valence-corrected chi connectivity index (χ2v) is 10.9. The summed E-state index contributed by atoms with van der Waals surface area (Å²) in [6.07, 6.45) is 4.03. The number of hydrogen-bond donors (Lipinski definition) is 0.